The van der Waals surface area contributed by atoms with Crippen LogP contribution in [0.4, 0.5) is 16.0 Å². The quantitative estimate of drug-likeness (QED) is 0.281. The first kappa shape index (κ1) is 24.7. The number of hydrogen-bond acceptors (Lipinski definition) is 4. The second kappa shape index (κ2) is 11.0. The molecule has 194 valence electrons. The van der Waals surface area contributed by atoms with Gasteiger partial charge in [0, 0.05) is 36.0 Å². The zero-order valence-corrected chi connectivity index (χ0v) is 22.0. The van der Waals surface area contributed by atoms with E-state index in [0.29, 0.717) is 5.95 Å². The Morgan fingerprint density at radius 3 is 2.47 bits per heavy atom. The van der Waals surface area contributed by atoms with E-state index in [1.54, 1.807) is 0 Å². The van der Waals surface area contributed by atoms with E-state index >= 15 is 0 Å². The van der Waals surface area contributed by atoms with Crippen LogP contribution in [0.2, 0.25) is 0 Å². The minimum absolute atomic E-state index is 0.159. The van der Waals surface area contributed by atoms with E-state index in [4.69, 9.17) is 4.98 Å². The second-order valence-electron chi connectivity index (χ2n) is 10.8. The predicted molar refractivity (Wildman–Crippen MR) is 152 cm³/mol. The molecule has 4 nitrogen and oxygen atoms in total. The molecule has 2 aliphatic rings. The van der Waals surface area contributed by atoms with Crippen molar-refractivity contribution in [2.45, 2.75) is 56.9 Å². The lowest BCUT2D eigenvalue weighted by Crippen LogP contribution is -2.34. The Morgan fingerprint density at radius 2 is 1.68 bits per heavy atom. The zero-order valence-electron chi connectivity index (χ0n) is 22.0. The van der Waals surface area contributed by atoms with Crippen LogP contribution in [-0.2, 0) is 12.8 Å². The van der Waals surface area contributed by atoms with E-state index in [9.17, 15) is 4.39 Å². The molecule has 1 atom stereocenters. The van der Waals surface area contributed by atoms with Crippen molar-refractivity contribution in [1.82, 2.24) is 14.9 Å². The van der Waals surface area contributed by atoms with Crippen LogP contribution in [0.3, 0.4) is 0 Å². The standard InChI is InChI=1S/C33H35FN4/c1-38(28-7-3-2-4-8-28)20-19-23-11-17-27(18-12-23)36-33-35-22-25-21-31(24-13-15-26(34)16-14-24)29-9-5-6-10-30(29)32(25)37-33/h5-6,9-18,22,28,31H,2-4,7-8,19-21H2,1H3,(H,35,36,37). The number of nitrogens with zero attached hydrogens (tertiary/aromatic N) is 3. The number of aromatic nitrogens is 2. The number of anilines is 2. The Kier molecular flexibility index (Phi) is 7.19. The molecule has 1 saturated carbocycles. The summed E-state index contributed by atoms with van der Waals surface area (Å²) in [5, 5.41) is 3.40. The topological polar surface area (TPSA) is 41.0 Å². The summed E-state index contributed by atoms with van der Waals surface area (Å²) in [6, 6.07) is 24.7. The van der Waals surface area contributed by atoms with Gasteiger partial charge < -0.3 is 10.2 Å². The van der Waals surface area contributed by atoms with Crippen molar-refractivity contribution < 1.29 is 4.39 Å². The van der Waals surface area contributed by atoms with E-state index in [-0.39, 0.29) is 11.7 Å². The van der Waals surface area contributed by atoms with Crippen LogP contribution in [0.5, 0.6) is 0 Å². The summed E-state index contributed by atoms with van der Waals surface area (Å²) in [7, 11) is 2.28. The first-order chi connectivity index (χ1) is 18.6. The monoisotopic (exact) mass is 506 g/mol. The number of hydrogen-bond donors (Lipinski definition) is 1. The highest BCUT2D eigenvalue weighted by Crippen LogP contribution is 2.42. The second-order valence-corrected chi connectivity index (χ2v) is 10.8. The Bertz CT molecular complexity index is 1380. The predicted octanol–water partition coefficient (Wildman–Crippen LogP) is 7.52. The van der Waals surface area contributed by atoms with Crippen molar-refractivity contribution >= 4 is 11.6 Å². The molecular formula is C33H35FN4. The van der Waals surface area contributed by atoms with Gasteiger partial charge in [-0.3, -0.25) is 0 Å². The molecule has 6 rings (SSSR count). The maximum Gasteiger partial charge on any atom is 0.227 e. The SMILES string of the molecule is CN(CCc1ccc(Nc2ncc3c(n2)-c2ccccc2C(c2ccc(F)cc2)C3)cc1)C1CCCCC1. The number of likely N-dealkylation sites (N-methyl/N-ethyl adjacent to an activating group) is 1. The molecule has 1 fully saturated rings. The van der Waals surface area contributed by atoms with E-state index in [1.807, 2.05) is 18.3 Å². The van der Waals surface area contributed by atoms with Crippen LogP contribution < -0.4 is 5.32 Å². The van der Waals surface area contributed by atoms with Gasteiger partial charge in [-0.15, -0.1) is 0 Å². The Labute approximate surface area is 225 Å². The van der Waals surface area contributed by atoms with Gasteiger partial charge in [0.25, 0.3) is 0 Å². The van der Waals surface area contributed by atoms with Gasteiger partial charge in [-0.2, -0.15) is 0 Å². The Hall–Kier alpha value is -3.57. The highest BCUT2D eigenvalue weighted by molar-refractivity contribution is 5.73. The smallest absolute Gasteiger partial charge is 0.227 e. The van der Waals surface area contributed by atoms with Crippen molar-refractivity contribution in [3.05, 3.63) is 107 Å². The highest BCUT2D eigenvalue weighted by atomic mass is 19.1. The van der Waals surface area contributed by atoms with Crippen LogP contribution in [0.15, 0.2) is 79.0 Å². The van der Waals surface area contributed by atoms with Gasteiger partial charge in [0.15, 0.2) is 0 Å². The lowest BCUT2D eigenvalue weighted by atomic mass is 9.78. The number of benzene rings is 3. The number of halogens is 1. The van der Waals surface area contributed by atoms with Gasteiger partial charge in [0.1, 0.15) is 5.82 Å². The molecule has 0 spiro atoms. The molecule has 0 saturated heterocycles. The van der Waals surface area contributed by atoms with Crippen LogP contribution in [0, 0.1) is 5.82 Å². The first-order valence-corrected chi connectivity index (χ1v) is 13.9. The average molecular weight is 507 g/mol. The maximum absolute atomic E-state index is 13.5. The fourth-order valence-corrected chi connectivity index (χ4v) is 6.08. The van der Waals surface area contributed by atoms with Gasteiger partial charge in [-0.05, 0) is 79.3 Å². The molecular weight excluding hydrogens is 471 g/mol. The molecule has 5 heteroatoms. The molecule has 3 aromatic carbocycles. The molecule has 1 aromatic heterocycles. The Balaban J connectivity index is 1.15. The normalized spacial score (nSPS) is 17.2. The van der Waals surface area contributed by atoms with Gasteiger partial charge in [0.05, 0.1) is 5.69 Å². The molecule has 1 unspecified atom stereocenters. The van der Waals surface area contributed by atoms with Crippen LogP contribution in [0.25, 0.3) is 11.3 Å². The molecule has 0 amide bonds. The summed E-state index contributed by atoms with van der Waals surface area (Å²) < 4.78 is 13.5. The van der Waals surface area contributed by atoms with Crippen LogP contribution >= 0.6 is 0 Å². The van der Waals surface area contributed by atoms with Crippen molar-refractivity contribution in [3.63, 3.8) is 0 Å². The first-order valence-electron chi connectivity index (χ1n) is 13.9. The molecule has 1 heterocycles. The third-order valence-corrected chi connectivity index (χ3v) is 8.31. The lowest BCUT2D eigenvalue weighted by Gasteiger charge is -2.31. The summed E-state index contributed by atoms with van der Waals surface area (Å²) in [5.41, 5.74) is 7.87. The summed E-state index contributed by atoms with van der Waals surface area (Å²) in [6.07, 6.45) is 10.6. The number of fused-ring (bicyclic) bond motifs is 3. The van der Waals surface area contributed by atoms with Crippen molar-refractivity contribution in [3.8, 4) is 11.3 Å². The summed E-state index contributed by atoms with van der Waals surface area (Å²) >= 11 is 0. The van der Waals surface area contributed by atoms with Gasteiger partial charge >= 0.3 is 0 Å². The molecule has 0 bridgehead atoms. The molecule has 4 aromatic rings. The molecule has 1 N–H and O–H groups in total. The number of nitrogens with one attached hydrogen (secondary N) is 1. The molecule has 0 aliphatic heterocycles. The summed E-state index contributed by atoms with van der Waals surface area (Å²) in [5.74, 6) is 0.548. The zero-order chi connectivity index (χ0) is 25.9. The third-order valence-electron chi connectivity index (χ3n) is 8.31. The molecule has 0 radical (unpaired) electrons. The molecule has 38 heavy (non-hydrogen) atoms. The lowest BCUT2D eigenvalue weighted by molar-refractivity contribution is 0.194. The van der Waals surface area contributed by atoms with Crippen molar-refractivity contribution in [1.29, 1.82) is 0 Å². The largest absolute Gasteiger partial charge is 0.324 e. The minimum atomic E-state index is -0.211. The average Bonchev–Trinajstić information content (AvgIpc) is 2.97. The van der Waals surface area contributed by atoms with E-state index in [2.05, 4.69) is 70.8 Å². The van der Waals surface area contributed by atoms with E-state index in [1.165, 1.54) is 55.4 Å². The van der Waals surface area contributed by atoms with E-state index in [0.717, 1.165) is 53.5 Å². The highest BCUT2D eigenvalue weighted by Gasteiger charge is 2.27. The third kappa shape index (κ3) is 5.34. The summed E-state index contributed by atoms with van der Waals surface area (Å²) in [6.45, 7) is 1.10. The van der Waals surface area contributed by atoms with Crippen LogP contribution in [0.1, 0.15) is 60.3 Å². The van der Waals surface area contributed by atoms with Crippen LogP contribution in [-0.4, -0.2) is 34.5 Å². The van der Waals surface area contributed by atoms with Crippen molar-refractivity contribution in [2.75, 3.05) is 18.9 Å². The number of rotatable bonds is 7. The Morgan fingerprint density at radius 1 is 0.921 bits per heavy atom. The van der Waals surface area contributed by atoms with E-state index < -0.39 is 0 Å². The minimum Gasteiger partial charge on any atom is -0.324 e. The van der Waals surface area contributed by atoms with Gasteiger partial charge in [-0.1, -0.05) is 67.8 Å². The maximum atomic E-state index is 13.5. The van der Waals surface area contributed by atoms with Crippen molar-refractivity contribution in [2.24, 2.45) is 0 Å². The summed E-state index contributed by atoms with van der Waals surface area (Å²) in [4.78, 5) is 12.1. The fourth-order valence-electron chi connectivity index (χ4n) is 6.08. The fraction of sp³-hybridized carbons (Fsp3) is 0.333. The molecule has 2 aliphatic carbocycles. The van der Waals surface area contributed by atoms with Gasteiger partial charge in [-0.25, -0.2) is 14.4 Å². The van der Waals surface area contributed by atoms with Gasteiger partial charge in [0.2, 0.25) is 5.95 Å².